The predicted molar refractivity (Wildman–Crippen MR) is 352 cm³/mol. The molecule has 8 aromatic carbocycles. The lowest BCUT2D eigenvalue weighted by Crippen LogP contribution is -2.59. The van der Waals surface area contributed by atoms with Gasteiger partial charge in [0.1, 0.15) is 0 Å². The van der Waals surface area contributed by atoms with Crippen molar-refractivity contribution in [3.8, 4) is 56.1 Å². The summed E-state index contributed by atoms with van der Waals surface area (Å²) in [5.41, 5.74) is 28.6. The Morgan fingerprint density at radius 2 is 0.654 bits per heavy atom. The summed E-state index contributed by atoms with van der Waals surface area (Å²) in [6.07, 6.45) is 0. The van der Waals surface area contributed by atoms with Gasteiger partial charge in [-0.15, -0.1) is 0 Å². The standard InChI is InChI=1S/C77H80BN3/c1-72(2,3)51-26-22-45(23-27-51)47-36-59-57-43-53(74(7,8)9)30-32-65(57)80-67-40-50(64-21-19-20-63(79-64)49-34-55(76(13,14)15)42-56(35-49)77(16,17)18)41-68-69(67)78(61(38-47)70(59)80)62-39-48(46-24-28-52(29-25-46)73(4,5)6)37-60-58-44-54(75(10,11)12)31-33-66(58)81(68)71(60)62/h19-44H,1-18H3. The molecule has 5 heterocycles. The molecular weight excluding hydrogens is 978 g/mol. The summed E-state index contributed by atoms with van der Waals surface area (Å²) in [6.45, 7) is 41.7. The van der Waals surface area contributed by atoms with Crippen molar-refractivity contribution in [3.05, 3.63) is 191 Å². The Balaban J connectivity index is 1.17. The van der Waals surface area contributed by atoms with Gasteiger partial charge in [-0.2, -0.15) is 0 Å². The number of rotatable bonds is 4. The van der Waals surface area contributed by atoms with E-state index in [0.717, 1.165) is 22.5 Å². The monoisotopic (exact) mass is 1060 g/mol. The zero-order valence-electron chi connectivity index (χ0n) is 51.4. The first-order valence-electron chi connectivity index (χ1n) is 29.7. The Bertz CT molecular complexity index is 4160. The number of aromatic nitrogens is 3. The van der Waals surface area contributed by atoms with E-state index in [1.54, 1.807) is 0 Å². The van der Waals surface area contributed by atoms with Crippen molar-refractivity contribution in [2.24, 2.45) is 0 Å². The van der Waals surface area contributed by atoms with Crippen LogP contribution in [0.2, 0.25) is 0 Å². The summed E-state index contributed by atoms with van der Waals surface area (Å²) in [5.74, 6) is 0. The molecule has 0 amide bonds. The van der Waals surface area contributed by atoms with E-state index in [0.29, 0.717) is 0 Å². The molecule has 2 aliphatic rings. The summed E-state index contributed by atoms with van der Waals surface area (Å²) in [4.78, 5) is 5.70. The number of fused-ring (bicyclic) bond motifs is 10. The van der Waals surface area contributed by atoms with E-state index in [-0.39, 0.29) is 39.2 Å². The van der Waals surface area contributed by atoms with Crippen molar-refractivity contribution >= 4 is 66.7 Å². The molecule has 3 nitrogen and oxygen atoms in total. The Morgan fingerprint density at radius 1 is 0.296 bits per heavy atom. The zero-order valence-corrected chi connectivity index (χ0v) is 51.4. The van der Waals surface area contributed by atoms with E-state index in [1.807, 2.05) is 0 Å². The minimum Gasteiger partial charge on any atom is -0.310 e. The molecule has 2 aliphatic heterocycles. The maximum Gasteiger partial charge on any atom is 0.252 e. The van der Waals surface area contributed by atoms with Crippen LogP contribution < -0.4 is 16.4 Å². The normalized spacial score (nSPS) is 13.8. The van der Waals surface area contributed by atoms with Gasteiger partial charge in [-0.3, -0.25) is 0 Å². The maximum absolute atomic E-state index is 5.70. The van der Waals surface area contributed by atoms with E-state index < -0.39 is 0 Å². The van der Waals surface area contributed by atoms with Crippen LogP contribution in [0.25, 0.3) is 99.8 Å². The van der Waals surface area contributed by atoms with Crippen LogP contribution in [0.5, 0.6) is 0 Å². The minimum absolute atomic E-state index is 0.0236. The molecule has 0 unspecified atom stereocenters. The fraction of sp³-hybridized carbons (Fsp3) is 0.312. The second kappa shape index (κ2) is 17.5. The Hall–Kier alpha value is -7.43. The molecule has 0 fully saturated rings. The third kappa shape index (κ3) is 8.64. The van der Waals surface area contributed by atoms with Crippen molar-refractivity contribution in [1.29, 1.82) is 0 Å². The molecule has 0 radical (unpaired) electrons. The molecule has 3 aromatic heterocycles. The first kappa shape index (κ1) is 52.9. The van der Waals surface area contributed by atoms with E-state index in [9.17, 15) is 0 Å². The van der Waals surface area contributed by atoms with Crippen molar-refractivity contribution in [2.75, 3.05) is 0 Å². The largest absolute Gasteiger partial charge is 0.310 e. The number of nitrogens with zero attached hydrogens (tertiary/aromatic N) is 3. The van der Waals surface area contributed by atoms with Gasteiger partial charge in [0.15, 0.2) is 0 Å². The second-order valence-corrected chi connectivity index (χ2v) is 30.3. The smallest absolute Gasteiger partial charge is 0.252 e. The van der Waals surface area contributed by atoms with Gasteiger partial charge in [0.25, 0.3) is 6.71 Å². The van der Waals surface area contributed by atoms with Gasteiger partial charge < -0.3 is 9.13 Å². The molecule has 81 heavy (non-hydrogen) atoms. The van der Waals surface area contributed by atoms with Gasteiger partial charge in [-0.05, 0) is 177 Å². The second-order valence-electron chi connectivity index (χ2n) is 30.3. The molecule has 0 N–H and O–H groups in total. The molecule has 0 atom stereocenters. The van der Waals surface area contributed by atoms with Crippen LogP contribution >= 0.6 is 0 Å². The van der Waals surface area contributed by atoms with Gasteiger partial charge >= 0.3 is 0 Å². The van der Waals surface area contributed by atoms with Crippen LogP contribution in [-0.2, 0) is 32.5 Å². The van der Waals surface area contributed by atoms with Crippen molar-refractivity contribution in [2.45, 2.75) is 157 Å². The molecule has 0 bridgehead atoms. The van der Waals surface area contributed by atoms with Crippen molar-refractivity contribution in [3.63, 3.8) is 0 Å². The average Bonchev–Trinajstić information content (AvgIpc) is 1.82. The molecule has 0 saturated carbocycles. The van der Waals surface area contributed by atoms with Crippen LogP contribution in [0.3, 0.4) is 0 Å². The molecule has 0 aliphatic carbocycles. The first-order chi connectivity index (χ1) is 37.9. The highest BCUT2D eigenvalue weighted by molar-refractivity contribution is 7.00. The van der Waals surface area contributed by atoms with Crippen LogP contribution in [-0.4, -0.2) is 20.8 Å². The van der Waals surface area contributed by atoms with Gasteiger partial charge in [-0.1, -0.05) is 210 Å². The fourth-order valence-corrected chi connectivity index (χ4v) is 13.2. The summed E-state index contributed by atoms with van der Waals surface area (Å²) in [5, 5.41) is 5.16. The third-order valence-corrected chi connectivity index (χ3v) is 18.2. The van der Waals surface area contributed by atoms with Gasteiger partial charge in [-0.25, -0.2) is 4.98 Å². The number of hydrogen-bond acceptors (Lipinski definition) is 1. The predicted octanol–water partition coefficient (Wildman–Crippen LogP) is 18.9. The van der Waals surface area contributed by atoms with Crippen LogP contribution in [0.4, 0.5) is 0 Å². The molecular formula is C77H80BN3. The number of benzene rings is 8. The highest BCUT2D eigenvalue weighted by atomic mass is 15.0. The SMILES string of the molecule is CC(C)(C)c1ccc(-c2cc3c4c(c2)c2cc(C(C)(C)C)ccc2n4-c2cc(-c4cccc(-c5cc(C(C)(C)C)cc(C(C)(C)C)c5)n4)cc4c2B3c2cc(-c3ccc(C(C)(C)C)cc3)cc3c5cc(C(C)(C)C)ccc5n-4c23)cc1. The highest BCUT2D eigenvalue weighted by Gasteiger charge is 2.42. The summed E-state index contributed by atoms with van der Waals surface area (Å²) in [6, 6.07) is 62.3. The molecule has 13 rings (SSSR count). The quantitative estimate of drug-likeness (QED) is 0.161. The van der Waals surface area contributed by atoms with Crippen molar-refractivity contribution < 1.29 is 0 Å². The van der Waals surface area contributed by atoms with Crippen LogP contribution in [0.1, 0.15) is 158 Å². The van der Waals surface area contributed by atoms with E-state index in [2.05, 4.69) is 291 Å². The molecule has 0 saturated heterocycles. The molecule has 11 aromatic rings. The fourth-order valence-electron chi connectivity index (χ4n) is 13.2. The zero-order chi connectivity index (χ0) is 57.4. The molecule has 4 heteroatoms. The lowest BCUT2D eigenvalue weighted by molar-refractivity contribution is 0.569. The van der Waals surface area contributed by atoms with E-state index in [1.165, 1.54) is 127 Å². The highest BCUT2D eigenvalue weighted by Crippen LogP contribution is 2.45. The van der Waals surface area contributed by atoms with Crippen molar-refractivity contribution in [1.82, 2.24) is 14.1 Å². The van der Waals surface area contributed by atoms with Gasteiger partial charge in [0.2, 0.25) is 0 Å². The van der Waals surface area contributed by atoms with Gasteiger partial charge in [0.05, 0.1) is 22.4 Å². The summed E-state index contributed by atoms with van der Waals surface area (Å²) < 4.78 is 5.29. The lowest BCUT2D eigenvalue weighted by atomic mass is 9.34. The van der Waals surface area contributed by atoms with E-state index >= 15 is 0 Å². The van der Waals surface area contributed by atoms with Crippen LogP contribution in [0.15, 0.2) is 158 Å². The topological polar surface area (TPSA) is 22.8 Å². The van der Waals surface area contributed by atoms with Gasteiger partial charge in [0, 0.05) is 55.1 Å². The Labute approximate surface area is 482 Å². The van der Waals surface area contributed by atoms with Crippen LogP contribution in [0, 0.1) is 0 Å². The maximum atomic E-state index is 5.70. The lowest BCUT2D eigenvalue weighted by Gasteiger charge is -2.34. The summed E-state index contributed by atoms with van der Waals surface area (Å²) in [7, 11) is 0. The summed E-state index contributed by atoms with van der Waals surface area (Å²) >= 11 is 0. The Kier molecular flexibility index (Phi) is 11.5. The minimum atomic E-state index is -0.0790. The average molecular weight is 1060 g/mol. The third-order valence-electron chi connectivity index (χ3n) is 18.2. The first-order valence-corrected chi connectivity index (χ1v) is 29.7. The van der Waals surface area contributed by atoms with E-state index in [4.69, 9.17) is 4.98 Å². The number of pyridine rings is 1. The molecule has 406 valence electrons. The Morgan fingerprint density at radius 3 is 1.02 bits per heavy atom. The molecule has 0 spiro atoms. The number of hydrogen-bond donors (Lipinski definition) is 0.